The second-order valence-corrected chi connectivity index (χ2v) is 7.63. The van der Waals surface area contributed by atoms with Crippen molar-refractivity contribution in [2.75, 3.05) is 13.2 Å². The molecule has 114 valence electrons. The molecule has 0 amide bonds. The van der Waals surface area contributed by atoms with Gasteiger partial charge in [0, 0.05) is 0 Å². The van der Waals surface area contributed by atoms with Crippen molar-refractivity contribution in [3.63, 3.8) is 0 Å². The second kappa shape index (κ2) is 10.1. The Bertz CT molecular complexity index is 193. The number of hydrogen-bond donors (Lipinski definition) is 0. The molecule has 0 aromatic heterocycles. The van der Waals surface area contributed by atoms with Crippen LogP contribution >= 0.6 is 8.58 Å². The maximum atomic E-state index is 5.74. The lowest BCUT2D eigenvalue weighted by atomic mass is 9.90. The molecule has 1 unspecified atom stereocenters. The normalized spacial score (nSPS) is 17.8. The first kappa shape index (κ1) is 17.4. The summed E-state index contributed by atoms with van der Waals surface area (Å²) in [6.45, 7) is 8.49. The van der Waals surface area contributed by atoms with Gasteiger partial charge in [-0.3, -0.25) is 0 Å². The van der Waals surface area contributed by atoms with E-state index in [0.29, 0.717) is 5.16 Å². The number of rotatable bonds is 11. The van der Waals surface area contributed by atoms with Crippen molar-refractivity contribution < 1.29 is 9.47 Å². The molecular weight excluding hydrogens is 255 g/mol. The lowest BCUT2D eigenvalue weighted by molar-refractivity contribution is 0.0291. The third-order valence-electron chi connectivity index (χ3n) is 4.07. The molecular formula is C16H33O2P. The SMILES string of the molecule is CCCCC(CCCC)(CCCC)PC1OCCO1. The zero-order chi connectivity index (χ0) is 14.0. The highest BCUT2D eigenvalue weighted by Crippen LogP contribution is 2.48. The Labute approximate surface area is 121 Å². The summed E-state index contributed by atoms with van der Waals surface area (Å²) in [6, 6.07) is 0.102. The minimum absolute atomic E-state index is 0.102. The van der Waals surface area contributed by atoms with E-state index in [9.17, 15) is 0 Å². The third-order valence-corrected chi connectivity index (χ3v) is 6.00. The van der Waals surface area contributed by atoms with Crippen LogP contribution in [0, 0.1) is 0 Å². The molecule has 0 N–H and O–H groups in total. The summed E-state index contributed by atoms with van der Waals surface area (Å²) in [5.74, 6) is 0. The first-order chi connectivity index (χ1) is 9.26. The van der Waals surface area contributed by atoms with Crippen molar-refractivity contribution in [2.45, 2.75) is 89.7 Å². The molecule has 0 aromatic rings. The highest BCUT2D eigenvalue weighted by Gasteiger charge is 2.33. The lowest BCUT2D eigenvalue weighted by Gasteiger charge is -2.36. The van der Waals surface area contributed by atoms with E-state index >= 15 is 0 Å². The van der Waals surface area contributed by atoms with Gasteiger partial charge < -0.3 is 9.47 Å². The Morgan fingerprint density at radius 1 is 0.842 bits per heavy atom. The van der Waals surface area contributed by atoms with E-state index < -0.39 is 0 Å². The van der Waals surface area contributed by atoms with E-state index in [1.165, 1.54) is 57.8 Å². The van der Waals surface area contributed by atoms with Gasteiger partial charge in [0.25, 0.3) is 0 Å². The monoisotopic (exact) mass is 288 g/mol. The van der Waals surface area contributed by atoms with Crippen LogP contribution in [0.4, 0.5) is 0 Å². The molecule has 0 saturated carbocycles. The van der Waals surface area contributed by atoms with Gasteiger partial charge >= 0.3 is 0 Å². The average molecular weight is 288 g/mol. The Hall–Kier alpha value is 0.350. The molecule has 1 saturated heterocycles. The summed E-state index contributed by atoms with van der Waals surface area (Å²) in [6.07, 6.45) is 12.1. The molecule has 1 aliphatic rings. The van der Waals surface area contributed by atoms with Gasteiger partial charge in [0.2, 0.25) is 0 Å². The Morgan fingerprint density at radius 3 is 1.63 bits per heavy atom. The number of ether oxygens (including phenoxy) is 2. The van der Waals surface area contributed by atoms with Gasteiger partial charge in [-0.05, 0) is 24.4 Å². The van der Waals surface area contributed by atoms with Gasteiger partial charge in [-0.25, -0.2) is 0 Å². The molecule has 0 aromatic carbocycles. The lowest BCUT2D eigenvalue weighted by Crippen LogP contribution is -2.27. The second-order valence-electron chi connectivity index (χ2n) is 5.81. The summed E-state index contributed by atoms with van der Waals surface area (Å²) in [7, 11) is 0.832. The molecule has 3 heteroatoms. The van der Waals surface area contributed by atoms with Crippen LogP contribution in [0.3, 0.4) is 0 Å². The first-order valence-electron chi connectivity index (χ1n) is 8.27. The molecule has 0 aliphatic carbocycles. The molecule has 0 spiro atoms. The van der Waals surface area contributed by atoms with E-state index in [1.807, 2.05) is 0 Å². The highest BCUT2D eigenvalue weighted by atomic mass is 31.1. The number of hydrogen-bond acceptors (Lipinski definition) is 2. The summed E-state index contributed by atoms with van der Waals surface area (Å²) in [5, 5.41) is 0.497. The summed E-state index contributed by atoms with van der Waals surface area (Å²) < 4.78 is 11.5. The molecule has 1 aliphatic heterocycles. The standard InChI is InChI=1S/C16H33O2P/c1-4-7-10-16(11-8-5-2,12-9-6-3)19-15-17-13-14-18-15/h15,19H,4-14H2,1-3H3. The van der Waals surface area contributed by atoms with E-state index in [-0.39, 0.29) is 6.03 Å². The van der Waals surface area contributed by atoms with E-state index in [1.54, 1.807) is 0 Å². The molecule has 1 rings (SSSR count). The van der Waals surface area contributed by atoms with Gasteiger partial charge in [-0.2, -0.15) is 0 Å². The van der Waals surface area contributed by atoms with Gasteiger partial charge in [0.15, 0.2) is 6.03 Å². The van der Waals surface area contributed by atoms with Gasteiger partial charge in [-0.15, -0.1) is 0 Å². The zero-order valence-electron chi connectivity index (χ0n) is 13.2. The largest absolute Gasteiger partial charge is 0.347 e. The maximum Gasteiger partial charge on any atom is 0.173 e. The smallest absolute Gasteiger partial charge is 0.173 e. The Balaban J connectivity index is 2.61. The van der Waals surface area contributed by atoms with Crippen LogP contribution in [0.25, 0.3) is 0 Å². The summed E-state index contributed by atoms with van der Waals surface area (Å²) in [4.78, 5) is 0. The van der Waals surface area contributed by atoms with Crippen LogP contribution in [0.15, 0.2) is 0 Å². The van der Waals surface area contributed by atoms with Crippen LogP contribution in [0.1, 0.15) is 78.6 Å². The summed E-state index contributed by atoms with van der Waals surface area (Å²) in [5.41, 5.74) is 0. The van der Waals surface area contributed by atoms with Crippen LogP contribution in [-0.2, 0) is 9.47 Å². The fourth-order valence-electron chi connectivity index (χ4n) is 2.83. The third kappa shape index (κ3) is 6.56. The maximum absolute atomic E-state index is 5.74. The van der Waals surface area contributed by atoms with E-state index in [0.717, 1.165) is 21.8 Å². The zero-order valence-corrected chi connectivity index (χ0v) is 14.2. The summed E-state index contributed by atoms with van der Waals surface area (Å²) >= 11 is 0. The van der Waals surface area contributed by atoms with Crippen molar-refractivity contribution >= 4 is 8.58 Å². The van der Waals surface area contributed by atoms with Crippen LogP contribution in [-0.4, -0.2) is 24.4 Å². The van der Waals surface area contributed by atoms with Crippen LogP contribution < -0.4 is 0 Å². The molecule has 2 nitrogen and oxygen atoms in total. The molecule has 19 heavy (non-hydrogen) atoms. The van der Waals surface area contributed by atoms with Gasteiger partial charge in [0.05, 0.1) is 13.2 Å². The molecule has 1 heterocycles. The quantitative estimate of drug-likeness (QED) is 0.480. The fourth-order valence-corrected chi connectivity index (χ4v) is 4.69. The van der Waals surface area contributed by atoms with Crippen LogP contribution in [0.2, 0.25) is 0 Å². The fraction of sp³-hybridized carbons (Fsp3) is 1.00. The van der Waals surface area contributed by atoms with Crippen molar-refractivity contribution in [1.29, 1.82) is 0 Å². The molecule has 0 radical (unpaired) electrons. The predicted molar refractivity (Wildman–Crippen MR) is 85.3 cm³/mol. The highest BCUT2D eigenvalue weighted by molar-refractivity contribution is 7.40. The van der Waals surface area contributed by atoms with Crippen molar-refractivity contribution in [1.82, 2.24) is 0 Å². The molecule has 1 atom stereocenters. The minimum atomic E-state index is 0.102. The van der Waals surface area contributed by atoms with Crippen molar-refractivity contribution in [2.24, 2.45) is 0 Å². The van der Waals surface area contributed by atoms with Crippen molar-refractivity contribution in [3.8, 4) is 0 Å². The minimum Gasteiger partial charge on any atom is -0.347 e. The van der Waals surface area contributed by atoms with E-state index in [4.69, 9.17) is 9.47 Å². The van der Waals surface area contributed by atoms with Gasteiger partial charge in [0.1, 0.15) is 0 Å². The Morgan fingerprint density at radius 2 is 1.26 bits per heavy atom. The number of unbranched alkanes of at least 4 members (excludes halogenated alkanes) is 3. The predicted octanol–water partition coefficient (Wildman–Crippen LogP) is 5.30. The average Bonchev–Trinajstić information content (AvgIpc) is 2.93. The topological polar surface area (TPSA) is 18.5 Å². The van der Waals surface area contributed by atoms with Crippen molar-refractivity contribution in [3.05, 3.63) is 0 Å². The Kier molecular flexibility index (Phi) is 9.28. The van der Waals surface area contributed by atoms with E-state index in [2.05, 4.69) is 20.8 Å². The van der Waals surface area contributed by atoms with Gasteiger partial charge in [-0.1, -0.05) is 67.9 Å². The first-order valence-corrected chi connectivity index (χ1v) is 9.35. The molecule has 1 fully saturated rings. The van der Waals surface area contributed by atoms with Crippen LogP contribution in [0.5, 0.6) is 0 Å². The molecule has 0 bridgehead atoms.